The van der Waals surface area contributed by atoms with Crippen LogP contribution in [-0.2, 0) is 10.0 Å². The Balaban J connectivity index is 1.61. The maximum Gasteiger partial charge on any atom is 0.258 e. The molecule has 0 radical (unpaired) electrons. The number of hydrogen-bond donors (Lipinski definition) is 1. The predicted molar refractivity (Wildman–Crippen MR) is 72.6 cm³/mol. The van der Waals surface area contributed by atoms with Gasteiger partial charge in [-0.1, -0.05) is 12.8 Å². The molecule has 7 heteroatoms. The van der Waals surface area contributed by atoms with E-state index < -0.39 is 10.0 Å². The minimum atomic E-state index is -3.46. The number of nitrogens with zero attached hydrogens (tertiary/aromatic N) is 2. The zero-order chi connectivity index (χ0) is 13.0. The lowest BCUT2D eigenvalue weighted by molar-refractivity contribution is 0.158. The van der Waals surface area contributed by atoms with Crippen molar-refractivity contribution < 1.29 is 8.42 Å². The zero-order valence-electron chi connectivity index (χ0n) is 10.3. The molecule has 2 heterocycles. The molecule has 2 aliphatic rings. The molecule has 102 valence electrons. The van der Waals surface area contributed by atoms with Crippen LogP contribution < -0.4 is 4.72 Å². The van der Waals surface area contributed by atoms with E-state index in [0.29, 0.717) is 10.9 Å². The Kier molecular flexibility index (Phi) is 2.52. The summed E-state index contributed by atoms with van der Waals surface area (Å²) in [6.07, 6.45) is 7.87. The molecule has 2 aromatic heterocycles. The lowest BCUT2D eigenvalue weighted by Crippen LogP contribution is -2.50. The van der Waals surface area contributed by atoms with E-state index in [4.69, 9.17) is 0 Å². The maximum absolute atomic E-state index is 12.4. The van der Waals surface area contributed by atoms with Crippen LogP contribution in [0.5, 0.6) is 0 Å². The van der Waals surface area contributed by atoms with Crippen LogP contribution in [0, 0.1) is 11.8 Å². The van der Waals surface area contributed by atoms with Crippen molar-refractivity contribution in [1.82, 2.24) is 14.1 Å². The van der Waals surface area contributed by atoms with Crippen LogP contribution in [-0.4, -0.2) is 23.8 Å². The summed E-state index contributed by atoms with van der Waals surface area (Å²) in [7, 11) is -3.46. The molecule has 0 aliphatic heterocycles. The van der Waals surface area contributed by atoms with Gasteiger partial charge in [0.1, 0.15) is 0 Å². The van der Waals surface area contributed by atoms with E-state index in [1.165, 1.54) is 30.4 Å². The number of hydrogen-bond acceptors (Lipinski definition) is 4. The molecule has 3 unspecified atom stereocenters. The van der Waals surface area contributed by atoms with E-state index in [1.807, 2.05) is 5.38 Å². The third-order valence-corrected chi connectivity index (χ3v) is 6.72. The Morgan fingerprint density at radius 1 is 1.42 bits per heavy atom. The van der Waals surface area contributed by atoms with Gasteiger partial charge in [0.05, 0.1) is 6.20 Å². The summed E-state index contributed by atoms with van der Waals surface area (Å²) in [5, 5.41) is 2.10. The second-order valence-corrected chi connectivity index (χ2v) is 8.00. The normalized spacial score (nSPS) is 30.4. The van der Waals surface area contributed by atoms with Crippen LogP contribution >= 0.6 is 11.3 Å². The van der Waals surface area contributed by atoms with Crippen LogP contribution in [0.1, 0.15) is 25.7 Å². The number of nitrogens with one attached hydrogen (secondary N) is 1. The lowest BCUT2D eigenvalue weighted by Gasteiger charge is -2.40. The quantitative estimate of drug-likeness (QED) is 0.940. The summed E-state index contributed by atoms with van der Waals surface area (Å²) < 4.78 is 29.4. The van der Waals surface area contributed by atoms with Gasteiger partial charge in [-0.05, 0) is 24.7 Å². The highest BCUT2D eigenvalue weighted by atomic mass is 32.2. The average molecular weight is 297 g/mol. The van der Waals surface area contributed by atoms with Crippen LogP contribution in [0.15, 0.2) is 22.8 Å². The standard InChI is InChI=1S/C12H15N3O2S2/c16-19(17,11-7-13-12-15(11)4-5-18-12)14-10-6-8-2-1-3-9(8)10/h4-5,7-10,14H,1-3,6H2. The smallest absolute Gasteiger partial charge is 0.258 e. The van der Waals surface area contributed by atoms with Crippen molar-refractivity contribution >= 4 is 26.3 Å². The second kappa shape index (κ2) is 4.04. The Morgan fingerprint density at radius 2 is 2.32 bits per heavy atom. The van der Waals surface area contributed by atoms with Gasteiger partial charge in [-0.2, -0.15) is 0 Å². The molecule has 5 nitrogen and oxygen atoms in total. The summed E-state index contributed by atoms with van der Waals surface area (Å²) >= 11 is 1.44. The molecule has 4 rings (SSSR count). The molecular formula is C12H15N3O2S2. The summed E-state index contributed by atoms with van der Waals surface area (Å²) in [6, 6.07) is 0.127. The van der Waals surface area contributed by atoms with Gasteiger partial charge in [0.25, 0.3) is 10.0 Å². The van der Waals surface area contributed by atoms with E-state index in [0.717, 1.165) is 18.8 Å². The third kappa shape index (κ3) is 1.75. The number of fused-ring (bicyclic) bond motifs is 2. The number of sulfonamides is 1. The molecule has 0 spiro atoms. The molecule has 2 aliphatic carbocycles. The average Bonchev–Trinajstić information content (AvgIpc) is 2.98. The first-order valence-electron chi connectivity index (χ1n) is 6.58. The van der Waals surface area contributed by atoms with Crippen molar-refractivity contribution in [3.63, 3.8) is 0 Å². The number of thiazole rings is 1. The summed E-state index contributed by atoms with van der Waals surface area (Å²) in [5.41, 5.74) is 0. The van der Waals surface area contributed by atoms with Crippen molar-refractivity contribution in [2.24, 2.45) is 11.8 Å². The molecule has 2 aromatic rings. The van der Waals surface area contributed by atoms with Gasteiger partial charge in [-0.15, -0.1) is 11.3 Å². The van der Waals surface area contributed by atoms with Crippen LogP contribution in [0.4, 0.5) is 0 Å². The second-order valence-electron chi connectivity index (χ2n) is 5.47. The summed E-state index contributed by atoms with van der Waals surface area (Å²) in [6.45, 7) is 0. The van der Waals surface area contributed by atoms with E-state index in [2.05, 4.69) is 9.71 Å². The molecule has 0 aromatic carbocycles. The highest BCUT2D eigenvalue weighted by Crippen LogP contribution is 2.47. The number of aromatic nitrogens is 2. The first-order valence-corrected chi connectivity index (χ1v) is 8.94. The van der Waals surface area contributed by atoms with Crippen molar-refractivity contribution in [3.8, 4) is 0 Å². The Labute approximate surface area is 115 Å². The van der Waals surface area contributed by atoms with E-state index in [1.54, 1.807) is 10.6 Å². The van der Waals surface area contributed by atoms with Crippen LogP contribution in [0.2, 0.25) is 0 Å². The fourth-order valence-corrected chi connectivity index (χ4v) is 5.63. The van der Waals surface area contributed by atoms with Crippen molar-refractivity contribution in [2.45, 2.75) is 36.8 Å². The van der Waals surface area contributed by atoms with Gasteiger partial charge >= 0.3 is 0 Å². The first kappa shape index (κ1) is 11.9. The summed E-state index contributed by atoms with van der Waals surface area (Å²) in [4.78, 5) is 4.84. The van der Waals surface area contributed by atoms with E-state index in [9.17, 15) is 8.42 Å². The Bertz CT molecular complexity index is 718. The Morgan fingerprint density at radius 3 is 3.16 bits per heavy atom. The molecule has 2 saturated carbocycles. The maximum atomic E-state index is 12.4. The lowest BCUT2D eigenvalue weighted by atomic mass is 9.72. The molecular weight excluding hydrogens is 282 g/mol. The van der Waals surface area contributed by atoms with Crippen molar-refractivity contribution in [1.29, 1.82) is 0 Å². The van der Waals surface area contributed by atoms with Crippen LogP contribution in [0.3, 0.4) is 0 Å². The van der Waals surface area contributed by atoms with Gasteiger partial charge in [-0.25, -0.2) is 18.1 Å². The minimum absolute atomic E-state index is 0.127. The van der Waals surface area contributed by atoms with Gasteiger partial charge in [-0.3, -0.25) is 4.40 Å². The molecule has 0 saturated heterocycles. The number of rotatable bonds is 3. The molecule has 1 N–H and O–H groups in total. The zero-order valence-corrected chi connectivity index (χ0v) is 12.0. The predicted octanol–water partition coefficient (Wildman–Crippen LogP) is 1.86. The van der Waals surface area contributed by atoms with Gasteiger partial charge < -0.3 is 0 Å². The van der Waals surface area contributed by atoms with Crippen molar-refractivity contribution in [2.75, 3.05) is 0 Å². The highest BCUT2D eigenvalue weighted by Gasteiger charge is 2.45. The largest absolute Gasteiger partial charge is 0.280 e. The highest BCUT2D eigenvalue weighted by molar-refractivity contribution is 7.89. The summed E-state index contributed by atoms with van der Waals surface area (Å²) in [5.74, 6) is 1.31. The fourth-order valence-electron chi connectivity index (χ4n) is 3.49. The monoisotopic (exact) mass is 297 g/mol. The van der Waals surface area contributed by atoms with Gasteiger partial charge in [0, 0.05) is 17.6 Å². The minimum Gasteiger partial charge on any atom is -0.280 e. The Hall–Kier alpha value is -0.920. The SMILES string of the molecule is O=S(=O)(NC1CC2CCCC21)c1cnc2sccn12. The molecule has 2 fully saturated rings. The molecule has 3 atom stereocenters. The van der Waals surface area contributed by atoms with E-state index in [-0.39, 0.29) is 11.1 Å². The fraction of sp³-hybridized carbons (Fsp3) is 0.583. The number of imidazole rings is 1. The van der Waals surface area contributed by atoms with Crippen LogP contribution in [0.25, 0.3) is 4.96 Å². The van der Waals surface area contributed by atoms with Gasteiger partial charge in [0.2, 0.25) is 0 Å². The van der Waals surface area contributed by atoms with Gasteiger partial charge in [0.15, 0.2) is 9.99 Å². The van der Waals surface area contributed by atoms with E-state index >= 15 is 0 Å². The molecule has 19 heavy (non-hydrogen) atoms. The topological polar surface area (TPSA) is 63.5 Å². The molecule has 0 bridgehead atoms. The third-order valence-electron chi connectivity index (χ3n) is 4.49. The first-order chi connectivity index (χ1) is 9.15. The van der Waals surface area contributed by atoms with Crippen molar-refractivity contribution in [3.05, 3.63) is 17.8 Å². The molecule has 0 amide bonds.